The van der Waals surface area contributed by atoms with Gasteiger partial charge in [0.25, 0.3) is 0 Å². The van der Waals surface area contributed by atoms with Gasteiger partial charge in [-0.1, -0.05) is 23.2 Å². The van der Waals surface area contributed by atoms with Crippen molar-refractivity contribution in [3.63, 3.8) is 0 Å². The number of amides is 1. The van der Waals surface area contributed by atoms with Gasteiger partial charge in [0.05, 0.1) is 17.6 Å². The SMILES string of the molecule is CCN(CCC(=O)O)C(=O)CCc1ncc(-c2ccc(Cl)cc2Cl)o1. The zero-order chi connectivity index (χ0) is 18.4. The van der Waals surface area contributed by atoms with Crippen LogP contribution in [0, 0.1) is 0 Å². The highest BCUT2D eigenvalue weighted by molar-refractivity contribution is 6.36. The van der Waals surface area contributed by atoms with Crippen LogP contribution in [0.1, 0.15) is 25.7 Å². The van der Waals surface area contributed by atoms with Crippen LogP contribution >= 0.6 is 23.2 Å². The number of halogens is 2. The van der Waals surface area contributed by atoms with E-state index in [9.17, 15) is 9.59 Å². The molecule has 25 heavy (non-hydrogen) atoms. The zero-order valence-corrected chi connectivity index (χ0v) is 15.2. The number of aliphatic carboxylic acids is 1. The summed E-state index contributed by atoms with van der Waals surface area (Å²) in [6, 6.07) is 5.06. The van der Waals surface area contributed by atoms with Crippen LogP contribution in [0.2, 0.25) is 10.0 Å². The van der Waals surface area contributed by atoms with Gasteiger partial charge in [-0.2, -0.15) is 0 Å². The summed E-state index contributed by atoms with van der Waals surface area (Å²) in [7, 11) is 0. The number of oxazole rings is 1. The fourth-order valence-corrected chi connectivity index (χ4v) is 2.80. The number of hydrogen-bond donors (Lipinski definition) is 1. The van der Waals surface area contributed by atoms with Gasteiger partial charge in [0.2, 0.25) is 5.91 Å². The van der Waals surface area contributed by atoms with E-state index in [0.717, 1.165) is 0 Å². The number of carboxylic acid groups (broad SMARTS) is 1. The molecule has 1 aromatic carbocycles. The molecular weight excluding hydrogens is 367 g/mol. The van der Waals surface area contributed by atoms with Crippen molar-refractivity contribution in [2.24, 2.45) is 0 Å². The lowest BCUT2D eigenvalue weighted by Crippen LogP contribution is -2.33. The Kier molecular flexibility index (Phi) is 6.84. The Morgan fingerprint density at radius 1 is 1.28 bits per heavy atom. The molecule has 0 atom stereocenters. The number of benzene rings is 1. The van der Waals surface area contributed by atoms with E-state index >= 15 is 0 Å². The summed E-state index contributed by atoms with van der Waals surface area (Å²) in [6.45, 7) is 2.47. The van der Waals surface area contributed by atoms with Crippen LogP contribution in [0.4, 0.5) is 0 Å². The van der Waals surface area contributed by atoms with Crippen molar-refractivity contribution < 1.29 is 19.1 Å². The van der Waals surface area contributed by atoms with E-state index in [-0.39, 0.29) is 25.3 Å². The molecule has 0 bridgehead atoms. The molecule has 0 saturated carbocycles. The van der Waals surface area contributed by atoms with Crippen molar-refractivity contribution in [3.05, 3.63) is 40.3 Å². The molecule has 0 aliphatic heterocycles. The second kappa shape index (κ2) is 8.87. The number of aryl methyl sites for hydroxylation is 1. The molecule has 0 saturated heterocycles. The topological polar surface area (TPSA) is 83.6 Å². The number of nitrogens with zero attached hydrogens (tertiary/aromatic N) is 2. The van der Waals surface area contributed by atoms with Gasteiger partial charge in [-0.25, -0.2) is 4.98 Å². The summed E-state index contributed by atoms with van der Waals surface area (Å²) in [4.78, 5) is 28.5. The van der Waals surface area contributed by atoms with Crippen LogP contribution in [0.3, 0.4) is 0 Å². The average Bonchev–Trinajstić information content (AvgIpc) is 3.01. The molecule has 0 fully saturated rings. The third kappa shape index (κ3) is 5.47. The lowest BCUT2D eigenvalue weighted by molar-refractivity contribution is -0.138. The largest absolute Gasteiger partial charge is 0.481 e. The van der Waals surface area contributed by atoms with E-state index in [1.54, 1.807) is 24.4 Å². The van der Waals surface area contributed by atoms with Gasteiger partial charge in [0.1, 0.15) is 0 Å². The number of carboxylic acids is 1. The van der Waals surface area contributed by atoms with Gasteiger partial charge in [0, 0.05) is 36.5 Å². The number of hydrogen-bond acceptors (Lipinski definition) is 4. The monoisotopic (exact) mass is 384 g/mol. The van der Waals surface area contributed by atoms with Crippen LogP contribution in [0.15, 0.2) is 28.8 Å². The molecule has 1 heterocycles. The molecule has 1 N–H and O–H groups in total. The molecule has 8 heteroatoms. The number of carbonyl (C=O) groups excluding carboxylic acids is 1. The van der Waals surface area contributed by atoms with Crippen LogP contribution in [0.5, 0.6) is 0 Å². The Bertz CT molecular complexity index is 761. The summed E-state index contributed by atoms with van der Waals surface area (Å²) in [5.41, 5.74) is 0.674. The van der Waals surface area contributed by atoms with E-state index in [4.69, 9.17) is 32.7 Å². The molecule has 0 radical (unpaired) electrons. The molecule has 1 aromatic heterocycles. The van der Waals surface area contributed by atoms with Crippen molar-refractivity contribution in [3.8, 4) is 11.3 Å². The van der Waals surface area contributed by atoms with Crippen molar-refractivity contribution in [2.75, 3.05) is 13.1 Å². The van der Waals surface area contributed by atoms with Crippen molar-refractivity contribution in [1.29, 1.82) is 0 Å². The molecule has 2 aromatic rings. The average molecular weight is 385 g/mol. The molecule has 0 aliphatic carbocycles. The first kappa shape index (κ1) is 19.3. The van der Waals surface area contributed by atoms with Gasteiger partial charge < -0.3 is 14.4 Å². The predicted molar refractivity (Wildman–Crippen MR) is 94.8 cm³/mol. The second-order valence-corrected chi connectivity index (χ2v) is 6.20. The Morgan fingerprint density at radius 3 is 2.68 bits per heavy atom. The number of rotatable bonds is 8. The highest BCUT2D eigenvalue weighted by Crippen LogP contribution is 2.30. The van der Waals surface area contributed by atoms with Crippen LogP contribution < -0.4 is 0 Å². The fraction of sp³-hybridized carbons (Fsp3) is 0.353. The van der Waals surface area contributed by atoms with Gasteiger partial charge >= 0.3 is 5.97 Å². The predicted octanol–water partition coefficient (Wildman–Crippen LogP) is 3.90. The molecule has 134 valence electrons. The minimum atomic E-state index is -0.927. The fourth-order valence-electron chi connectivity index (χ4n) is 2.30. The van der Waals surface area contributed by atoms with Crippen LogP contribution in [0.25, 0.3) is 11.3 Å². The Morgan fingerprint density at radius 2 is 2.04 bits per heavy atom. The van der Waals surface area contributed by atoms with E-state index in [2.05, 4.69) is 4.98 Å². The van der Waals surface area contributed by atoms with Gasteiger partial charge in [-0.3, -0.25) is 9.59 Å². The first-order valence-corrected chi connectivity index (χ1v) is 8.56. The Labute approximate surface area is 155 Å². The third-order valence-electron chi connectivity index (χ3n) is 3.63. The highest BCUT2D eigenvalue weighted by Gasteiger charge is 2.15. The van der Waals surface area contributed by atoms with Gasteiger partial charge in [-0.15, -0.1) is 0 Å². The smallest absolute Gasteiger partial charge is 0.305 e. The molecule has 0 spiro atoms. The zero-order valence-electron chi connectivity index (χ0n) is 13.7. The molecule has 6 nitrogen and oxygen atoms in total. The van der Waals surface area contributed by atoms with Crippen molar-refractivity contribution in [2.45, 2.75) is 26.2 Å². The quantitative estimate of drug-likeness (QED) is 0.745. The maximum Gasteiger partial charge on any atom is 0.305 e. The Hall–Kier alpha value is -2.05. The minimum Gasteiger partial charge on any atom is -0.481 e. The van der Waals surface area contributed by atoms with Crippen LogP contribution in [-0.2, 0) is 16.0 Å². The standard InChI is InChI=1S/C17H18Cl2N2O4/c1-2-21(8-7-17(23)24)16(22)6-5-15-20-10-14(25-15)12-4-3-11(18)9-13(12)19/h3-4,9-10H,2,5-8H2,1H3,(H,23,24). The van der Waals surface area contributed by atoms with E-state index in [1.165, 1.54) is 4.90 Å². The molecule has 0 unspecified atom stereocenters. The van der Waals surface area contributed by atoms with Crippen LogP contribution in [-0.4, -0.2) is 40.0 Å². The summed E-state index contributed by atoms with van der Waals surface area (Å²) >= 11 is 12.0. The van der Waals surface area contributed by atoms with Crippen molar-refractivity contribution >= 4 is 35.1 Å². The molecule has 2 rings (SSSR count). The van der Waals surface area contributed by atoms with E-state index in [0.29, 0.717) is 40.2 Å². The second-order valence-electron chi connectivity index (χ2n) is 5.36. The Balaban J connectivity index is 1.96. The maximum atomic E-state index is 12.2. The summed E-state index contributed by atoms with van der Waals surface area (Å²) in [6.07, 6.45) is 2.00. The third-order valence-corrected chi connectivity index (χ3v) is 4.18. The maximum absolute atomic E-state index is 12.2. The van der Waals surface area contributed by atoms with E-state index in [1.807, 2.05) is 6.92 Å². The summed E-state index contributed by atoms with van der Waals surface area (Å²) < 4.78 is 5.65. The minimum absolute atomic E-state index is 0.0716. The lowest BCUT2D eigenvalue weighted by atomic mass is 10.2. The number of aromatic nitrogens is 1. The summed E-state index contributed by atoms with van der Waals surface area (Å²) in [5, 5.41) is 9.70. The van der Waals surface area contributed by atoms with Gasteiger partial charge in [-0.05, 0) is 25.1 Å². The highest BCUT2D eigenvalue weighted by atomic mass is 35.5. The molecule has 0 aliphatic rings. The number of carbonyl (C=O) groups is 2. The van der Waals surface area contributed by atoms with Gasteiger partial charge in [0.15, 0.2) is 11.7 Å². The van der Waals surface area contributed by atoms with E-state index < -0.39 is 5.97 Å². The van der Waals surface area contributed by atoms with Crippen molar-refractivity contribution in [1.82, 2.24) is 9.88 Å². The molecule has 1 amide bonds. The molecular formula is C17H18Cl2N2O4. The summed E-state index contributed by atoms with van der Waals surface area (Å²) in [5.74, 6) is -0.137. The first-order chi connectivity index (χ1) is 11.9. The lowest BCUT2D eigenvalue weighted by Gasteiger charge is -2.19. The first-order valence-electron chi connectivity index (χ1n) is 7.80. The normalized spacial score (nSPS) is 10.7.